The fourth-order valence-electron chi connectivity index (χ4n) is 3.23. The zero-order valence-electron chi connectivity index (χ0n) is 14.4. The van der Waals surface area contributed by atoms with E-state index in [9.17, 15) is 8.78 Å². The van der Waals surface area contributed by atoms with E-state index in [0.29, 0.717) is 11.1 Å². The van der Waals surface area contributed by atoms with Crippen LogP contribution in [0.1, 0.15) is 11.1 Å². The Morgan fingerprint density at radius 3 is 2.33 bits per heavy atom. The Bertz CT molecular complexity index is 1130. The highest BCUT2D eigenvalue weighted by atomic mass is 19.2. The van der Waals surface area contributed by atoms with Crippen molar-refractivity contribution in [2.24, 2.45) is 17.4 Å². The first-order chi connectivity index (χ1) is 13.1. The minimum absolute atomic E-state index is 0.00472. The summed E-state index contributed by atoms with van der Waals surface area (Å²) in [6, 6.07) is 17.5. The van der Waals surface area contributed by atoms with Gasteiger partial charge in [-0.1, -0.05) is 30.3 Å². The summed E-state index contributed by atoms with van der Waals surface area (Å²) in [6.45, 7) is 0.215. The molecule has 0 amide bonds. The van der Waals surface area contributed by atoms with Gasteiger partial charge in [0.25, 0.3) is 0 Å². The van der Waals surface area contributed by atoms with Gasteiger partial charge in [-0.25, -0.2) is 8.78 Å². The van der Waals surface area contributed by atoms with E-state index in [0.717, 1.165) is 27.9 Å². The molecule has 4 aromatic rings. The summed E-state index contributed by atoms with van der Waals surface area (Å²) in [4.78, 5) is 0. The van der Waals surface area contributed by atoms with E-state index in [1.165, 1.54) is 6.07 Å². The minimum Gasteiger partial charge on any atom is -0.384 e. The molecule has 1 aromatic heterocycles. The van der Waals surface area contributed by atoms with E-state index < -0.39 is 11.6 Å². The molecule has 27 heavy (non-hydrogen) atoms. The van der Waals surface area contributed by atoms with Gasteiger partial charge >= 0.3 is 0 Å². The number of para-hydroxylation sites is 1. The van der Waals surface area contributed by atoms with Crippen LogP contribution >= 0.6 is 0 Å². The van der Waals surface area contributed by atoms with Gasteiger partial charge in [-0.2, -0.15) is 0 Å². The quantitative estimate of drug-likeness (QED) is 0.193. The summed E-state index contributed by atoms with van der Waals surface area (Å²) in [5.74, 6) is 6.32. The second-order valence-corrected chi connectivity index (χ2v) is 5.96. The molecule has 0 spiro atoms. The molecule has 0 atom stereocenters. The second-order valence-electron chi connectivity index (χ2n) is 5.96. The Morgan fingerprint density at radius 1 is 0.889 bits per heavy atom. The van der Waals surface area contributed by atoms with Gasteiger partial charge in [-0.05, 0) is 30.3 Å². The molecule has 1 heterocycles. The van der Waals surface area contributed by atoms with Gasteiger partial charge in [0.15, 0.2) is 11.6 Å². The van der Waals surface area contributed by atoms with Crippen molar-refractivity contribution >= 4 is 27.6 Å². The Kier molecular flexibility index (Phi) is 5.16. The first-order valence-corrected chi connectivity index (χ1v) is 8.18. The lowest BCUT2D eigenvalue weighted by atomic mass is 10.1. The van der Waals surface area contributed by atoms with Crippen molar-refractivity contribution in [1.29, 1.82) is 5.41 Å². The number of halogens is 2. The number of benzene rings is 3. The zero-order valence-corrected chi connectivity index (χ0v) is 14.4. The minimum atomic E-state index is -0.850. The van der Waals surface area contributed by atoms with Crippen molar-refractivity contribution in [3.8, 4) is 0 Å². The van der Waals surface area contributed by atoms with Gasteiger partial charge in [0.2, 0.25) is 0 Å². The van der Waals surface area contributed by atoms with E-state index in [1.54, 1.807) is 12.1 Å². The van der Waals surface area contributed by atoms with Crippen LogP contribution in [0.3, 0.4) is 0 Å². The number of hydrogen-bond acceptors (Lipinski definition) is 3. The third-order valence-corrected chi connectivity index (χ3v) is 4.44. The highest BCUT2D eigenvalue weighted by molar-refractivity contribution is 6.10. The predicted molar refractivity (Wildman–Crippen MR) is 104 cm³/mol. The number of nitrogens with zero attached hydrogens (tertiary/aromatic N) is 1. The maximum atomic E-state index is 14.1. The van der Waals surface area contributed by atoms with Crippen molar-refractivity contribution in [2.75, 3.05) is 0 Å². The molecular weight excluding hydrogens is 348 g/mol. The number of rotatable bonds is 3. The molecular formula is C20H19F2N5. The van der Waals surface area contributed by atoms with Crippen molar-refractivity contribution in [2.45, 2.75) is 6.54 Å². The van der Waals surface area contributed by atoms with E-state index in [1.807, 2.05) is 41.0 Å². The molecule has 4 rings (SSSR count). The van der Waals surface area contributed by atoms with E-state index >= 15 is 0 Å². The van der Waals surface area contributed by atoms with Crippen LogP contribution in [0.15, 0.2) is 60.7 Å². The summed E-state index contributed by atoms with van der Waals surface area (Å²) >= 11 is 0. The molecule has 0 aliphatic carbocycles. The molecule has 7 N–H and O–H groups in total. The molecule has 0 saturated heterocycles. The number of hydrazine groups is 1. The summed E-state index contributed by atoms with van der Waals surface area (Å²) in [7, 11) is 0. The molecule has 0 saturated carbocycles. The van der Waals surface area contributed by atoms with E-state index in [-0.39, 0.29) is 12.4 Å². The van der Waals surface area contributed by atoms with Crippen LogP contribution in [0.2, 0.25) is 0 Å². The molecule has 0 unspecified atom stereocenters. The molecule has 138 valence electrons. The van der Waals surface area contributed by atoms with Gasteiger partial charge in [0.1, 0.15) is 5.84 Å². The van der Waals surface area contributed by atoms with E-state index in [2.05, 4.69) is 11.7 Å². The Labute approximate surface area is 154 Å². The average molecular weight is 367 g/mol. The van der Waals surface area contributed by atoms with Gasteiger partial charge in [0.05, 0.1) is 6.54 Å². The molecule has 0 aliphatic rings. The first kappa shape index (κ1) is 18.5. The molecule has 3 aromatic carbocycles. The van der Waals surface area contributed by atoms with Gasteiger partial charge in [0, 0.05) is 32.9 Å². The monoisotopic (exact) mass is 367 g/mol. The third kappa shape index (κ3) is 3.25. The molecule has 0 aliphatic heterocycles. The average Bonchev–Trinajstić information content (AvgIpc) is 3.00. The summed E-state index contributed by atoms with van der Waals surface area (Å²) < 4.78 is 29.6. The molecule has 0 fully saturated rings. The van der Waals surface area contributed by atoms with Crippen LogP contribution in [0, 0.1) is 17.0 Å². The lowest BCUT2D eigenvalue weighted by molar-refractivity contribution is 0.496. The molecule has 7 heteroatoms. The van der Waals surface area contributed by atoms with E-state index in [4.69, 9.17) is 11.1 Å². The number of aromatic nitrogens is 1. The number of fused-ring (bicyclic) bond motifs is 3. The summed E-state index contributed by atoms with van der Waals surface area (Å²) in [5, 5.41) is 9.55. The van der Waals surface area contributed by atoms with Gasteiger partial charge in [-0.15, -0.1) is 0 Å². The summed E-state index contributed by atoms with van der Waals surface area (Å²) in [5.41, 5.74) is 8.33. The van der Waals surface area contributed by atoms with Crippen LogP contribution in [0.4, 0.5) is 8.78 Å². The maximum absolute atomic E-state index is 14.1. The Hall–Kier alpha value is -3.29. The highest BCUT2D eigenvalue weighted by Crippen LogP contribution is 2.31. The van der Waals surface area contributed by atoms with Crippen molar-refractivity contribution < 1.29 is 8.78 Å². The highest BCUT2D eigenvalue weighted by Gasteiger charge is 2.14. The summed E-state index contributed by atoms with van der Waals surface area (Å²) in [6.07, 6.45) is 0. The van der Waals surface area contributed by atoms with Crippen molar-refractivity contribution in [1.82, 2.24) is 4.57 Å². The Morgan fingerprint density at radius 2 is 1.59 bits per heavy atom. The topological polar surface area (TPSA) is 107 Å². The number of amidine groups is 1. The smallest absolute Gasteiger partial charge is 0.163 e. The van der Waals surface area contributed by atoms with Crippen LogP contribution in [0.25, 0.3) is 21.8 Å². The molecule has 0 bridgehead atoms. The maximum Gasteiger partial charge on any atom is 0.163 e. The van der Waals surface area contributed by atoms with Crippen LogP contribution in [0.5, 0.6) is 0 Å². The van der Waals surface area contributed by atoms with Gasteiger partial charge < -0.3 is 10.3 Å². The number of nitrogens with two attached hydrogens (primary N) is 3. The molecule has 5 nitrogen and oxygen atoms in total. The first-order valence-electron chi connectivity index (χ1n) is 8.18. The zero-order chi connectivity index (χ0) is 19.6. The number of nitrogen functional groups attached to an aromatic ring is 1. The van der Waals surface area contributed by atoms with Crippen molar-refractivity contribution in [3.63, 3.8) is 0 Å². The van der Waals surface area contributed by atoms with Crippen LogP contribution < -0.4 is 17.4 Å². The van der Waals surface area contributed by atoms with Gasteiger partial charge in [-0.3, -0.25) is 17.1 Å². The fourth-order valence-corrected chi connectivity index (χ4v) is 3.23. The fraction of sp³-hybridized carbons (Fsp3) is 0.0500. The van der Waals surface area contributed by atoms with Crippen LogP contribution in [-0.2, 0) is 6.54 Å². The third-order valence-electron chi connectivity index (χ3n) is 4.44. The second kappa shape index (κ2) is 7.53. The standard InChI is InChI=1S/C20H15F2N3.H4N2/c21-16-6-3-4-13(19(16)22)11-25-17-7-2-1-5-14(17)15-10-12(20(23)24)8-9-18(15)25;1-2/h1-10H,11H2,(H3,23,24);1-2H2. The lowest BCUT2D eigenvalue weighted by Crippen LogP contribution is -2.10. The largest absolute Gasteiger partial charge is 0.384 e. The predicted octanol–water partition coefficient (Wildman–Crippen LogP) is 3.22. The van der Waals surface area contributed by atoms with Crippen LogP contribution in [-0.4, -0.2) is 10.4 Å². The lowest BCUT2D eigenvalue weighted by Gasteiger charge is -2.09. The number of hydrogen-bond donors (Lipinski definition) is 4. The SMILES string of the molecule is N=C(N)c1ccc2c(c1)c1ccccc1n2Cc1cccc(F)c1F.NN. The normalized spacial score (nSPS) is 10.7. The number of nitrogens with one attached hydrogen (secondary N) is 1. The van der Waals surface area contributed by atoms with Crippen molar-refractivity contribution in [3.05, 3.63) is 83.4 Å². The molecule has 0 radical (unpaired) electrons. The Balaban J connectivity index is 0.00000102.